The predicted molar refractivity (Wildman–Crippen MR) is 75.1 cm³/mol. The van der Waals surface area contributed by atoms with Crippen molar-refractivity contribution >= 4 is 5.95 Å². The van der Waals surface area contributed by atoms with Gasteiger partial charge in [-0.15, -0.1) is 0 Å². The Balaban J connectivity index is 2.28. The molecule has 4 nitrogen and oxygen atoms in total. The first kappa shape index (κ1) is 13.0. The molecule has 1 atom stereocenters. The number of nitrogens with two attached hydrogens (primary N) is 1. The fraction of sp³-hybridized carbons (Fsp3) is 0.267. The molecule has 0 aliphatic carbocycles. The Morgan fingerprint density at radius 1 is 1.05 bits per heavy atom. The van der Waals surface area contributed by atoms with E-state index in [1.165, 1.54) is 0 Å². The first-order valence-corrected chi connectivity index (χ1v) is 6.19. The molecule has 0 radical (unpaired) electrons. The van der Waals surface area contributed by atoms with Gasteiger partial charge in [-0.05, 0) is 17.0 Å². The second-order valence-corrected chi connectivity index (χ2v) is 4.80. The second-order valence-electron chi connectivity index (χ2n) is 4.80. The molecule has 0 aliphatic rings. The molecule has 19 heavy (non-hydrogen) atoms. The highest BCUT2D eigenvalue weighted by Gasteiger charge is 2.14. The van der Waals surface area contributed by atoms with Crippen molar-refractivity contribution in [2.75, 3.05) is 5.73 Å². The maximum absolute atomic E-state index is 9.18. The molecule has 0 spiro atoms. The van der Waals surface area contributed by atoms with Crippen molar-refractivity contribution in [3.8, 4) is 17.2 Å². The van der Waals surface area contributed by atoms with Crippen molar-refractivity contribution < 1.29 is 0 Å². The number of rotatable bonds is 3. The van der Waals surface area contributed by atoms with E-state index in [1.807, 2.05) is 24.3 Å². The van der Waals surface area contributed by atoms with Gasteiger partial charge in [0.2, 0.25) is 5.95 Å². The lowest BCUT2D eigenvalue weighted by Gasteiger charge is -2.13. The van der Waals surface area contributed by atoms with E-state index < -0.39 is 0 Å². The Labute approximate surface area is 112 Å². The van der Waals surface area contributed by atoms with E-state index in [4.69, 9.17) is 5.73 Å². The second kappa shape index (κ2) is 5.49. The molecule has 2 aromatic rings. The lowest BCUT2D eigenvalue weighted by Crippen LogP contribution is -2.03. The summed E-state index contributed by atoms with van der Waals surface area (Å²) in [5.74, 6) is 0.497. The van der Waals surface area contributed by atoms with Gasteiger partial charge in [0.25, 0.3) is 0 Å². The molecule has 0 saturated carbocycles. The molecule has 0 bridgehead atoms. The van der Waals surface area contributed by atoms with Crippen LogP contribution in [-0.2, 0) is 0 Å². The topological polar surface area (TPSA) is 75.6 Å². The fourth-order valence-electron chi connectivity index (χ4n) is 1.98. The minimum Gasteiger partial charge on any atom is -0.368 e. The zero-order valence-electron chi connectivity index (χ0n) is 11.0. The lowest BCUT2D eigenvalue weighted by atomic mass is 9.89. The molecule has 2 N–H and O–H groups in total. The highest BCUT2D eigenvalue weighted by molar-refractivity contribution is 5.62. The van der Waals surface area contributed by atoms with Crippen molar-refractivity contribution in [2.45, 2.75) is 19.8 Å². The van der Waals surface area contributed by atoms with Gasteiger partial charge in [-0.1, -0.05) is 38.1 Å². The summed E-state index contributed by atoms with van der Waals surface area (Å²) in [5.41, 5.74) is 8.43. The largest absolute Gasteiger partial charge is 0.368 e. The Morgan fingerprint density at radius 3 is 2.11 bits per heavy atom. The highest BCUT2D eigenvalue weighted by atomic mass is 15.0. The van der Waals surface area contributed by atoms with Gasteiger partial charge < -0.3 is 5.73 Å². The smallest absolute Gasteiger partial charge is 0.219 e. The molecule has 2 rings (SSSR count). The van der Waals surface area contributed by atoms with E-state index >= 15 is 0 Å². The monoisotopic (exact) mass is 252 g/mol. The van der Waals surface area contributed by atoms with Crippen LogP contribution < -0.4 is 5.73 Å². The number of hydrogen-bond acceptors (Lipinski definition) is 4. The van der Waals surface area contributed by atoms with Gasteiger partial charge >= 0.3 is 0 Å². The quantitative estimate of drug-likeness (QED) is 0.911. The van der Waals surface area contributed by atoms with Crippen LogP contribution in [0.15, 0.2) is 36.7 Å². The summed E-state index contributed by atoms with van der Waals surface area (Å²) in [6.07, 6.45) is 3.39. The van der Waals surface area contributed by atoms with Gasteiger partial charge in [0.05, 0.1) is 12.0 Å². The maximum Gasteiger partial charge on any atom is 0.219 e. The third-order valence-corrected chi connectivity index (χ3v) is 3.08. The molecule has 0 unspecified atom stereocenters. The number of hydrogen-bond donors (Lipinski definition) is 1. The van der Waals surface area contributed by atoms with Crippen LogP contribution in [0.3, 0.4) is 0 Å². The molecule has 1 aromatic heterocycles. The SMILES string of the molecule is CC(C)[C@H](C#N)c1ccc(-c2cnc(N)nc2)cc1. The van der Waals surface area contributed by atoms with Gasteiger partial charge in [0, 0.05) is 18.0 Å². The Hall–Kier alpha value is -2.41. The number of nitrogen functional groups attached to an aromatic ring is 1. The molecular weight excluding hydrogens is 236 g/mol. The molecule has 1 aromatic carbocycles. The van der Waals surface area contributed by atoms with Crippen molar-refractivity contribution in [3.63, 3.8) is 0 Å². The van der Waals surface area contributed by atoms with Gasteiger partial charge in [0.15, 0.2) is 0 Å². The summed E-state index contributed by atoms with van der Waals surface area (Å²) < 4.78 is 0. The van der Waals surface area contributed by atoms with Crippen LogP contribution in [0.4, 0.5) is 5.95 Å². The molecule has 1 heterocycles. The van der Waals surface area contributed by atoms with E-state index in [2.05, 4.69) is 29.9 Å². The minimum atomic E-state index is -0.0725. The van der Waals surface area contributed by atoms with Gasteiger partial charge in [-0.25, -0.2) is 9.97 Å². The summed E-state index contributed by atoms with van der Waals surface area (Å²) in [4.78, 5) is 7.94. The van der Waals surface area contributed by atoms with Crippen LogP contribution in [0.2, 0.25) is 0 Å². The summed E-state index contributed by atoms with van der Waals surface area (Å²) in [7, 11) is 0. The number of nitrogens with zero attached hydrogens (tertiary/aromatic N) is 3. The van der Waals surface area contributed by atoms with E-state index in [0.717, 1.165) is 16.7 Å². The number of nitriles is 1. The number of aromatic nitrogens is 2. The number of benzene rings is 1. The standard InChI is InChI=1S/C15H16N4/c1-10(2)14(7-16)12-5-3-11(4-6-12)13-8-18-15(17)19-9-13/h3-6,8-10,14H,1-2H3,(H2,17,18,19)/t14-/m0/s1. The van der Waals surface area contributed by atoms with Crippen LogP contribution in [0.25, 0.3) is 11.1 Å². The molecule has 0 saturated heterocycles. The zero-order valence-corrected chi connectivity index (χ0v) is 11.0. The predicted octanol–water partition coefficient (Wildman–Crippen LogP) is 2.99. The number of anilines is 1. The van der Waals surface area contributed by atoms with Crippen LogP contribution >= 0.6 is 0 Å². The van der Waals surface area contributed by atoms with E-state index in [1.54, 1.807) is 12.4 Å². The Bertz CT molecular complexity index is 579. The van der Waals surface area contributed by atoms with Crippen molar-refractivity contribution in [1.82, 2.24) is 9.97 Å². The van der Waals surface area contributed by atoms with Crippen LogP contribution in [-0.4, -0.2) is 9.97 Å². The van der Waals surface area contributed by atoms with Crippen LogP contribution in [0.5, 0.6) is 0 Å². The summed E-state index contributed by atoms with van der Waals surface area (Å²) in [6.45, 7) is 4.10. The van der Waals surface area contributed by atoms with E-state index in [0.29, 0.717) is 5.92 Å². The molecule has 96 valence electrons. The third kappa shape index (κ3) is 2.89. The molecule has 0 amide bonds. The summed E-state index contributed by atoms with van der Waals surface area (Å²) in [5, 5.41) is 9.18. The van der Waals surface area contributed by atoms with E-state index in [9.17, 15) is 5.26 Å². The minimum absolute atomic E-state index is 0.0725. The van der Waals surface area contributed by atoms with Crippen LogP contribution in [0.1, 0.15) is 25.3 Å². The molecule has 0 fully saturated rings. The van der Waals surface area contributed by atoms with Crippen molar-refractivity contribution in [1.29, 1.82) is 5.26 Å². The molecular formula is C15H16N4. The average molecular weight is 252 g/mol. The van der Waals surface area contributed by atoms with Gasteiger partial charge in [-0.3, -0.25) is 0 Å². The van der Waals surface area contributed by atoms with E-state index in [-0.39, 0.29) is 11.9 Å². The summed E-state index contributed by atoms with van der Waals surface area (Å²) in [6, 6.07) is 10.3. The molecule has 0 aliphatic heterocycles. The van der Waals surface area contributed by atoms with Crippen LogP contribution in [0, 0.1) is 17.2 Å². The Kier molecular flexibility index (Phi) is 3.76. The van der Waals surface area contributed by atoms with Crippen molar-refractivity contribution in [3.05, 3.63) is 42.2 Å². The van der Waals surface area contributed by atoms with Gasteiger partial charge in [0.1, 0.15) is 0 Å². The highest BCUT2D eigenvalue weighted by Crippen LogP contribution is 2.26. The lowest BCUT2D eigenvalue weighted by molar-refractivity contribution is 0.587. The van der Waals surface area contributed by atoms with Crippen molar-refractivity contribution in [2.24, 2.45) is 5.92 Å². The maximum atomic E-state index is 9.18. The average Bonchev–Trinajstić information content (AvgIpc) is 2.41. The normalized spacial score (nSPS) is 12.1. The first-order chi connectivity index (χ1) is 9.11. The fourth-order valence-corrected chi connectivity index (χ4v) is 1.98. The third-order valence-electron chi connectivity index (χ3n) is 3.08. The Morgan fingerprint density at radius 2 is 1.63 bits per heavy atom. The zero-order chi connectivity index (χ0) is 13.8. The first-order valence-electron chi connectivity index (χ1n) is 6.19. The molecule has 4 heteroatoms. The van der Waals surface area contributed by atoms with Gasteiger partial charge in [-0.2, -0.15) is 5.26 Å². The summed E-state index contributed by atoms with van der Waals surface area (Å²) >= 11 is 0.